The van der Waals surface area contributed by atoms with Crippen LogP contribution < -0.4 is 5.32 Å². The maximum absolute atomic E-state index is 15.0. The van der Waals surface area contributed by atoms with Crippen LogP contribution in [-0.4, -0.2) is 44.7 Å². The van der Waals surface area contributed by atoms with Crippen LogP contribution in [0.4, 0.5) is 9.18 Å². The topological polar surface area (TPSA) is 93.5 Å². The van der Waals surface area contributed by atoms with E-state index in [1.807, 2.05) is 6.20 Å². The Labute approximate surface area is 173 Å². The zero-order valence-corrected chi connectivity index (χ0v) is 17.2. The number of hydrogen-bond donors (Lipinski definition) is 1. The van der Waals surface area contributed by atoms with Crippen molar-refractivity contribution in [3.63, 3.8) is 0 Å². The van der Waals surface area contributed by atoms with Crippen LogP contribution in [-0.2, 0) is 26.9 Å². The van der Waals surface area contributed by atoms with Crippen molar-refractivity contribution in [1.82, 2.24) is 20.0 Å². The van der Waals surface area contributed by atoms with Gasteiger partial charge in [-0.3, -0.25) is 19.2 Å². The highest BCUT2D eigenvalue weighted by atomic mass is 19.1. The number of urea groups is 1. The monoisotopic (exact) mass is 414 g/mol. The van der Waals surface area contributed by atoms with Gasteiger partial charge < -0.3 is 10.1 Å². The number of halogens is 1. The Hall–Kier alpha value is -3.23. The van der Waals surface area contributed by atoms with E-state index in [0.29, 0.717) is 11.1 Å². The molecule has 1 aromatic heterocycles. The molecule has 2 aromatic rings. The highest BCUT2D eigenvalue weighted by Gasteiger charge is 2.58. The van der Waals surface area contributed by atoms with Crippen LogP contribution in [0.2, 0.25) is 0 Å². The van der Waals surface area contributed by atoms with E-state index >= 15 is 0 Å². The number of ether oxygens (including phenoxy) is 1. The number of imide groups is 1. The Morgan fingerprint density at radius 1 is 1.33 bits per heavy atom. The number of nitrogens with one attached hydrogen (secondary N) is 1. The van der Waals surface area contributed by atoms with Crippen molar-refractivity contribution < 1.29 is 23.5 Å². The van der Waals surface area contributed by atoms with Gasteiger partial charge in [0.05, 0.1) is 6.20 Å². The van der Waals surface area contributed by atoms with Gasteiger partial charge in [0.25, 0.3) is 5.91 Å². The maximum Gasteiger partial charge on any atom is 0.326 e. The molecule has 1 unspecified atom stereocenters. The van der Waals surface area contributed by atoms with Gasteiger partial charge in [-0.2, -0.15) is 5.10 Å². The van der Waals surface area contributed by atoms with Crippen LogP contribution in [0.15, 0.2) is 30.6 Å². The number of benzene rings is 1. The molecule has 2 heterocycles. The molecule has 30 heavy (non-hydrogen) atoms. The zero-order valence-electron chi connectivity index (χ0n) is 17.2. The molecule has 2 aliphatic rings. The van der Waals surface area contributed by atoms with Crippen molar-refractivity contribution in [2.45, 2.75) is 44.5 Å². The fourth-order valence-corrected chi connectivity index (χ4v) is 4.04. The summed E-state index contributed by atoms with van der Waals surface area (Å²) in [5.41, 5.74) is 0.0877. The van der Waals surface area contributed by atoms with Crippen molar-refractivity contribution in [2.75, 3.05) is 6.54 Å². The van der Waals surface area contributed by atoms with Crippen molar-refractivity contribution in [1.29, 1.82) is 0 Å². The number of hydrogen-bond acceptors (Lipinski definition) is 5. The molecule has 1 spiro atoms. The number of carbonyl (C=O) groups excluding carboxylic acids is 3. The first-order valence-electron chi connectivity index (χ1n) is 9.64. The fraction of sp³-hybridized carbons (Fsp3) is 0.429. The van der Waals surface area contributed by atoms with Crippen molar-refractivity contribution in [3.05, 3.63) is 41.7 Å². The van der Waals surface area contributed by atoms with Gasteiger partial charge in [-0.05, 0) is 43.5 Å². The van der Waals surface area contributed by atoms with E-state index in [0.717, 1.165) is 16.0 Å². The van der Waals surface area contributed by atoms with Crippen molar-refractivity contribution in [2.24, 2.45) is 7.05 Å². The average molecular weight is 414 g/mol. The average Bonchev–Trinajstić information content (AvgIpc) is 3.26. The van der Waals surface area contributed by atoms with Crippen LogP contribution >= 0.6 is 0 Å². The lowest BCUT2D eigenvalue weighted by molar-refractivity contribution is -0.157. The van der Waals surface area contributed by atoms with Crippen LogP contribution in [0.25, 0.3) is 11.1 Å². The summed E-state index contributed by atoms with van der Waals surface area (Å²) in [6.07, 6.45) is 1.84. The molecule has 158 valence electrons. The molecule has 0 radical (unpaired) electrons. The van der Waals surface area contributed by atoms with Gasteiger partial charge in [0.2, 0.25) is 0 Å². The highest BCUT2D eigenvalue weighted by Crippen LogP contribution is 2.49. The molecule has 1 aliphatic heterocycles. The predicted octanol–water partition coefficient (Wildman–Crippen LogP) is 2.59. The zero-order chi connectivity index (χ0) is 21.8. The van der Waals surface area contributed by atoms with Gasteiger partial charge in [-0.15, -0.1) is 0 Å². The molecular formula is C21H23FN4O4. The molecule has 1 aromatic carbocycles. The lowest BCUT2D eigenvalue weighted by Gasteiger charge is -2.23. The number of alkyl halides is 1. The second kappa shape index (κ2) is 6.65. The Balaban J connectivity index is 1.64. The lowest BCUT2D eigenvalue weighted by atomic mass is 9.90. The largest absolute Gasteiger partial charge is 0.459 e. The minimum Gasteiger partial charge on any atom is -0.459 e. The summed E-state index contributed by atoms with van der Waals surface area (Å²) in [6, 6.07) is 4.38. The summed E-state index contributed by atoms with van der Waals surface area (Å²) in [4.78, 5) is 38.6. The first-order chi connectivity index (χ1) is 14.0. The third-order valence-corrected chi connectivity index (χ3v) is 5.26. The fourth-order valence-electron chi connectivity index (χ4n) is 4.04. The van der Waals surface area contributed by atoms with Gasteiger partial charge in [-0.1, -0.05) is 12.1 Å². The minimum atomic E-state index is -1.51. The molecule has 1 aliphatic carbocycles. The number of aryl methyl sites for hydroxylation is 1. The van der Waals surface area contributed by atoms with E-state index in [9.17, 15) is 18.8 Å². The van der Waals surface area contributed by atoms with Crippen molar-refractivity contribution >= 4 is 17.9 Å². The van der Waals surface area contributed by atoms with E-state index in [1.165, 1.54) is 0 Å². The van der Waals surface area contributed by atoms with Crippen LogP contribution in [0.5, 0.6) is 0 Å². The third-order valence-electron chi connectivity index (χ3n) is 5.26. The quantitative estimate of drug-likeness (QED) is 0.616. The first kappa shape index (κ1) is 20.1. The van der Waals surface area contributed by atoms with Crippen LogP contribution in [0, 0.1) is 0 Å². The Morgan fingerprint density at radius 3 is 2.70 bits per heavy atom. The number of rotatable bonds is 3. The van der Waals surface area contributed by atoms with Gasteiger partial charge in [0.1, 0.15) is 23.9 Å². The van der Waals surface area contributed by atoms with Gasteiger partial charge >= 0.3 is 12.0 Å². The van der Waals surface area contributed by atoms with E-state index in [2.05, 4.69) is 10.4 Å². The maximum atomic E-state index is 15.0. The summed E-state index contributed by atoms with van der Waals surface area (Å²) in [5.74, 6) is -1.35. The smallest absolute Gasteiger partial charge is 0.326 e. The normalized spacial score (nSPS) is 23.1. The SMILES string of the molecule is Cn1cc(-c2ccc3c(c2)[C@H](F)CC32NC(=O)N(CC(=O)OC(C)(C)C)C2=O)cn1. The first-order valence-corrected chi connectivity index (χ1v) is 9.64. The van der Waals surface area contributed by atoms with Crippen LogP contribution in [0.1, 0.15) is 44.5 Å². The molecule has 1 saturated heterocycles. The number of fused-ring (bicyclic) bond motifs is 2. The molecule has 4 rings (SSSR count). The molecular weight excluding hydrogens is 391 g/mol. The molecule has 0 bridgehead atoms. The minimum absolute atomic E-state index is 0.214. The Morgan fingerprint density at radius 2 is 2.07 bits per heavy atom. The Bertz CT molecular complexity index is 1060. The third kappa shape index (κ3) is 3.24. The Kier molecular flexibility index (Phi) is 4.44. The van der Waals surface area contributed by atoms with Crippen molar-refractivity contribution in [3.8, 4) is 11.1 Å². The second-order valence-corrected chi connectivity index (χ2v) is 8.69. The molecule has 3 amide bonds. The van der Waals surface area contributed by atoms with E-state index in [-0.39, 0.29) is 6.42 Å². The molecule has 8 nitrogen and oxygen atoms in total. The van der Waals surface area contributed by atoms with E-state index < -0.39 is 41.8 Å². The summed E-state index contributed by atoms with van der Waals surface area (Å²) in [6.45, 7) is 4.56. The number of aromatic nitrogens is 2. The molecule has 1 N–H and O–H groups in total. The predicted molar refractivity (Wildman–Crippen MR) is 105 cm³/mol. The molecule has 0 saturated carbocycles. The van der Waals surface area contributed by atoms with Gasteiger partial charge in [-0.25, -0.2) is 9.18 Å². The highest BCUT2D eigenvalue weighted by molar-refractivity contribution is 6.09. The second-order valence-electron chi connectivity index (χ2n) is 8.69. The molecule has 9 heteroatoms. The summed E-state index contributed by atoms with van der Waals surface area (Å²) in [5, 5.41) is 6.74. The van der Waals surface area contributed by atoms with Crippen LogP contribution in [0.3, 0.4) is 0 Å². The summed E-state index contributed by atoms with van der Waals surface area (Å²) in [7, 11) is 1.79. The molecule has 1 fully saturated rings. The van der Waals surface area contributed by atoms with Gasteiger partial charge in [0, 0.05) is 25.2 Å². The lowest BCUT2D eigenvalue weighted by Crippen LogP contribution is -2.43. The standard InChI is InChI=1S/C21H23FN4O4/c1-20(2,3)30-17(27)11-26-18(28)21(24-19(26)29)8-16(22)14-7-12(5-6-15(14)21)13-9-23-25(4)10-13/h5-7,9-10,16H,8,11H2,1-4H3,(H,24,29)/t16-,21?/m1/s1. The number of nitrogens with zero attached hydrogens (tertiary/aromatic N) is 3. The number of esters is 1. The number of amides is 3. The molecule has 2 atom stereocenters. The van der Waals surface area contributed by atoms with Gasteiger partial charge in [0.15, 0.2) is 0 Å². The summed E-state index contributed by atoms with van der Waals surface area (Å²) < 4.78 is 21.8. The summed E-state index contributed by atoms with van der Waals surface area (Å²) >= 11 is 0. The van der Waals surface area contributed by atoms with E-state index in [4.69, 9.17) is 4.74 Å². The van der Waals surface area contributed by atoms with E-state index in [1.54, 1.807) is 56.9 Å². The number of carbonyl (C=O) groups is 3.